The SMILES string of the molecule is CCCCCCCCNS(=O)(=O)O/N=C(\C#N)c1ccc(OC)cc1C. The number of unbranched alkanes of at least 4 members (excludes halogenated alkanes) is 5. The van der Waals surface area contributed by atoms with E-state index in [2.05, 4.69) is 21.1 Å². The van der Waals surface area contributed by atoms with Crippen molar-refractivity contribution >= 4 is 16.0 Å². The Morgan fingerprint density at radius 2 is 1.92 bits per heavy atom. The number of hydrogen-bond acceptors (Lipinski definition) is 6. The van der Waals surface area contributed by atoms with Gasteiger partial charge in [0.15, 0.2) is 5.71 Å². The standard InChI is InChI=1S/C18H27N3O4S/c1-4-5-6-7-8-9-12-20-26(22,23)25-21-18(14-19)17-11-10-16(24-3)13-15(17)2/h10-11,13,20H,4-9,12H2,1-3H3/b21-18+. The van der Waals surface area contributed by atoms with Crippen molar-refractivity contribution in [3.8, 4) is 11.8 Å². The van der Waals surface area contributed by atoms with Crippen LogP contribution < -0.4 is 9.46 Å². The van der Waals surface area contributed by atoms with Crippen LogP contribution in [0, 0.1) is 18.3 Å². The van der Waals surface area contributed by atoms with Gasteiger partial charge in [-0.15, -0.1) is 0 Å². The average Bonchev–Trinajstić information content (AvgIpc) is 2.62. The lowest BCUT2D eigenvalue weighted by atomic mass is 10.0. The van der Waals surface area contributed by atoms with Crippen molar-refractivity contribution in [2.24, 2.45) is 5.16 Å². The number of rotatable bonds is 12. The molecular weight excluding hydrogens is 354 g/mol. The van der Waals surface area contributed by atoms with Gasteiger partial charge in [-0.2, -0.15) is 18.4 Å². The van der Waals surface area contributed by atoms with Crippen LogP contribution in [0.15, 0.2) is 23.4 Å². The molecule has 0 unspecified atom stereocenters. The maximum atomic E-state index is 11.8. The van der Waals surface area contributed by atoms with Gasteiger partial charge >= 0.3 is 10.3 Å². The van der Waals surface area contributed by atoms with E-state index in [9.17, 15) is 13.7 Å². The Bertz CT molecular complexity index is 739. The van der Waals surface area contributed by atoms with Crippen molar-refractivity contribution < 1.29 is 17.4 Å². The van der Waals surface area contributed by atoms with Gasteiger partial charge in [-0.3, -0.25) is 4.28 Å². The number of hydrogen-bond donors (Lipinski definition) is 1. The van der Waals surface area contributed by atoms with Gasteiger partial charge in [0.1, 0.15) is 11.8 Å². The molecule has 0 radical (unpaired) electrons. The Kier molecular flexibility index (Phi) is 9.70. The molecular formula is C18H27N3O4S. The molecule has 0 atom stereocenters. The van der Waals surface area contributed by atoms with Crippen LogP contribution >= 0.6 is 0 Å². The summed E-state index contributed by atoms with van der Waals surface area (Å²) in [7, 11) is -2.49. The zero-order valence-corrected chi connectivity index (χ0v) is 16.4. The van der Waals surface area contributed by atoms with Crippen LogP contribution in [0.1, 0.15) is 56.6 Å². The molecule has 0 aliphatic carbocycles. The molecule has 0 heterocycles. The van der Waals surface area contributed by atoms with E-state index in [4.69, 9.17) is 4.74 Å². The summed E-state index contributed by atoms with van der Waals surface area (Å²) in [4.78, 5) is 0. The lowest BCUT2D eigenvalue weighted by Crippen LogP contribution is -2.25. The number of nitrogens with zero attached hydrogens (tertiary/aromatic N) is 2. The Morgan fingerprint density at radius 1 is 1.23 bits per heavy atom. The van der Waals surface area contributed by atoms with Gasteiger partial charge in [-0.05, 0) is 37.1 Å². The lowest BCUT2D eigenvalue weighted by molar-refractivity contribution is 0.331. The maximum Gasteiger partial charge on any atom is 0.402 e. The summed E-state index contributed by atoms with van der Waals surface area (Å²) in [5.41, 5.74) is 1.10. The van der Waals surface area contributed by atoms with Crippen LogP contribution in [0.4, 0.5) is 0 Å². The van der Waals surface area contributed by atoms with E-state index in [1.807, 2.05) is 6.07 Å². The minimum Gasteiger partial charge on any atom is -0.497 e. The second kappa shape index (κ2) is 11.5. The molecule has 0 aliphatic rings. The van der Waals surface area contributed by atoms with Crippen molar-refractivity contribution in [3.05, 3.63) is 29.3 Å². The van der Waals surface area contributed by atoms with Crippen molar-refractivity contribution in [1.29, 1.82) is 5.26 Å². The second-order valence-corrected chi connectivity index (χ2v) is 7.27. The van der Waals surface area contributed by atoms with Crippen LogP contribution in [0.2, 0.25) is 0 Å². The topological polar surface area (TPSA) is 101 Å². The highest BCUT2D eigenvalue weighted by molar-refractivity contribution is 7.84. The highest BCUT2D eigenvalue weighted by atomic mass is 32.2. The van der Waals surface area contributed by atoms with Crippen LogP contribution in [-0.4, -0.2) is 27.8 Å². The van der Waals surface area contributed by atoms with Gasteiger partial charge in [0.2, 0.25) is 0 Å². The van der Waals surface area contributed by atoms with Gasteiger partial charge in [0, 0.05) is 12.1 Å². The Labute approximate surface area is 156 Å². The molecule has 1 N–H and O–H groups in total. The lowest BCUT2D eigenvalue weighted by Gasteiger charge is -2.07. The van der Waals surface area contributed by atoms with E-state index in [1.165, 1.54) is 12.8 Å². The number of methoxy groups -OCH3 is 1. The van der Waals surface area contributed by atoms with Gasteiger partial charge in [0.25, 0.3) is 0 Å². The third-order valence-corrected chi connectivity index (χ3v) is 4.66. The van der Waals surface area contributed by atoms with E-state index in [-0.39, 0.29) is 12.3 Å². The predicted octanol–water partition coefficient (Wildman–Crippen LogP) is 3.44. The van der Waals surface area contributed by atoms with Crippen LogP contribution in [-0.2, 0) is 14.6 Å². The fourth-order valence-electron chi connectivity index (χ4n) is 2.37. The van der Waals surface area contributed by atoms with Crippen molar-refractivity contribution in [3.63, 3.8) is 0 Å². The molecule has 0 bridgehead atoms. The first-order valence-electron chi connectivity index (χ1n) is 8.74. The van der Waals surface area contributed by atoms with E-state index < -0.39 is 10.3 Å². The van der Waals surface area contributed by atoms with Crippen molar-refractivity contribution in [2.75, 3.05) is 13.7 Å². The van der Waals surface area contributed by atoms with E-state index in [0.29, 0.717) is 11.3 Å². The third-order valence-electron chi connectivity index (χ3n) is 3.83. The first kappa shape index (κ1) is 21.9. The van der Waals surface area contributed by atoms with E-state index in [1.54, 1.807) is 32.2 Å². The molecule has 0 saturated heterocycles. The molecule has 0 spiro atoms. The van der Waals surface area contributed by atoms with Crippen LogP contribution in [0.5, 0.6) is 5.75 Å². The zero-order valence-electron chi connectivity index (χ0n) is 15.6. The molecule has 144 valence electrons. The first-order valence-corrected chi connectivity index (χ1v) is 10.2. The summed E-state index contributed by atoms with van der Waals surface area (Å²) >= 11 is 0. The molecule has 0 amide bonds. The smallest absolute Gasteiger partial charge is 0.402 e. The maximum absolute atomic E-state index is 11.8. The number of benzene rings is 1. The molecule has 0 saturated carbocycles. The van der Waals surface area contributed by atoms with Gasteiger partial charge in [-0.1, -0.05) is 44.2 Å². The molecule has 0 aromatic heterocycles. The molecule has 26 heavy (non-hydrogen) atoms. The van der Waals surface area contributed by atoms with Crippen LogP contribution in [0.25, 0.3) is 0 Å². The first-order chi connectivity index (χ1) is 12.4. The minimum absolute atomic E-state index is 0.116. The molecule has 7 nitrogen and oxygen atoms in total. The molecule has 1 aromatic carbocycles. The summed E-state index contributed by atoms with van der Waals surface area (Å²) in [6.45, 7) is 4.21. The Morgan fingerprint density at radius 3 is 2.54 bits per heavy atom. The number of ether oxygens (including phenoxy) is 1. The third kappa shape index (κ3) is 7.85. The molecule has 1 aromatic rings. The number of nitriles is 1. The summed E-state index contributed by atoms with van der Waals surface area (Å²) < 4.78 is 35.7. The van der Waals surface area contributed by atoms with Crippen LogP contribution in [0.3, 0.4) is 0 Å². The second-order valence-electron chi connectivity index (χ2n) is 5.92. The van der Waals surface area contributed by atoms with Gasteiger partial charge in [0.05, 0.1) is 7.11 Å². The summed E-state index contributed by atoms with van der Waals surface area (Å²) in [6, 6.07) is 6.89. The Hall–Kier alpha value is -2.11. The monoisotopic (exact) mass is 381 g/mol. The minimum atomic E-state index is -4.03. The normalized spacial score (nSPS) is 11.8. The predicted molar refractivity (Wildman–Crippen MR) is 101 cm³/mol. The van der Waals surface area contributed by atoms with Crippen molar-refractivity contribution in [1.82, 2.24) is 4.72 Å². The summed E-state index contributed by atoms with van der Waals surface area (Å²) in [6.07, 6.45) is 6.32. The number of oxime groups is 1. The van der Waals surface area contributed by atoms with E-state index >= 15 is 0 Å². The largest absolute Gasteiger partial charge is 0.497 e. The fourth-order valence-corrected chi connectivity index (χ4v) is 2.99. The molecule has 8 heteroatoms. The van der Waals surface area contributed by atoms with Gasteiger partial charge < -0.3 is 4.74 Å². The molecule has 1 rings (SSSR count). The number of nitrogens with one attached hydrogen (secondary N) is 1. The summed E-state index contributed by atoms with van der Waals surface area (Å²) in [5.74, 6) is 0.637. The highest BCUT2D eigenvalue weighted by Gasteiger charge is 2.13. The molecule has 0 aliphatic heterocycles. The highest BCUT2D eigenvalue weighted by Crippen LogP contribution is 2.17. The Balaban J connectivity index is 2.58. The zero-order chi connectivity index (χ0) is 19.4. The summed E-state index contributed by atoms with van der Waals surface area (Å²) in [5, 5.41) is 12.7. The fraction of sp³-hybridized carbons (Fsp3) is 0.556. The molecule has 0 fully saturated rings. The van der Waals surface area contributed by atoms with Gasteiger partial charge in [-0.25, -0.2) is 0 Å². The quantitative estimate of drug-likeness (QED) is 0.339. The average molecular weight is 381 g/mol. The van der Waals surface area contributed by atoms with E-state index in [0.717, 1.165) is 31.2 Å². The number of aryl methyl sites for hydroxylation is 1. The van der Waals surface area contributed by atoms with Crippen molar-refractivity contribution in [2.45, 2.75) is 52.4 Å².